The molecule has 0 bridgehead atoms. The Morgan fingerprint density at radius 2 is 1.57 bits per heavy atom. The van der Waals surface area contributed by atoms with Gasteiger partial charge in [-0.05, 0) is 30.7 Å². The fraction of sp³-hybridized carbons (Fsp3) is 0.600. The number of nitrogens with zero attached hydrogens (tertiary/aromatic N) is 1. The molecule has 1 rings (SSSR count). The fourth-order valence-corrected chi connectivity index (χ4v) is 3.31. The van der Waals surface area contributed by atoms with Gasteiger partial charge in [-0.2, -0.15) is 4.31 Å². The zero-order valence-electron chi connectivity index (χ0n) is 13.5. The number of ether oxygens (including phenoxy) is 3. The molecule has 0 saturated heterocycles. The summed E-state index contributed by atoms with van der Waals surface area (Å²) >= 11 is 0. The van der Waals surface area contributed by atoms with E-state index in [9.17, 15) is 12.8 Å². The minimum Gasteiger partial charge on any atom is -0.494 e. The summed E-state index contributed by atoms with van der Waals surface area (Å²) in [4.78, 5) is 0. The molecule has 0 fully saturated rings. The maximum atomic E-state index is 12.8. The monoisotopic (exact) mass is 349 g/mol. The van der Waals surface area contributed by atoms with Crippen molar-refractivity contribution in [3.63, 3.8) is 0 Å². The van der Waals surface area contributed by atoms with Crippen LogP contribution in [0.3, 0.4) is 0 Å². The lowest BCUT2D eigenvalue weighted by Crippen LogP contribution is -2.38. The molecular weight excluding hydrogens is 325 g/mol. The second-order valence-corrected chi connectivity index (χ2v) is 6.95. The van der Waals surface area contributed by atoms with E-state index in [1.165, 1.54) is 42.8 Å². The molecule has 0 radical (unpaired) electrons. The number of hydrogen-bond donors (Lipinski definition) is 0. The Morgan fingerprint density at radius 1 is 1.00 bits per heavy atom. The predicted molar refractivity (Wildman–Crippen MR) is 85.6 cm³/mol. The summed E-state index contributed by atoms with van der Waals surface area (Å²) in [5.74, 6) is 0.146. The van der Waals surface area contributed by atoms with Gasteiger partial charge >= 0.3 is 0 Å². The molecule has 0 atom stereocenters. The zero-order valence-corrected chi connectivity index (χ0v) is 14.4. The number of hydrogen-bond acceptors (Lipinski definition) is 5. The van der Waals surface area contributed by atoms with Crippen LogP contribution in [-0.4, -0.2) is 65.6 Å². The topological polar surface area (TPSA) is 65.1 Å². The highest BCUT2D eigenvalue weighted by molar-refractivity contribution is 7.89. The Morgan fingerprint density at radius 3 is 2.09 bits per heavy atom. The first kappa shape index (κ1) is 19.8. The summed E-state index contributed by atoms with van der Waals surface area (Å²) in [7, 11) is -0.344. The molecule has 0 amide bonds. The lowest BCUT2D eigenvalue weighted by atomic mass is 10.3. The van der Waals surface area contributed by atoms with Gasteiger partial charge in [-0.15, -0.1) is 0 Å². The lowest BCUT2D eigenvalue weighted by molar-refractivity contribution is 0.150. The molecule has 0 N–H and O–H groups in total. The van der Waals surface area contributed by atoms with Gasteiger partial charge in [-0.25, -0.2) is 12.8 Å². The molecule has 0 aromatic heterocycles. The van der Waals surface area contributed by atoms with Crippen molar-refractivity contribution < 1.29 is 27.0 Å². The second-order valence-electron chi connectivity index (χ2n) is 4.86. The molecule has 0 aliphatic carbocycles. The molecule has 0 saturated carbocycles. The van der Waals surface area contributed by atoms with Crippen LogP contribution in [0.2, 0.25) is 0 Å². The van der Waals surface area contributed by atoms with Gasteiger partial charge < -0.3 is 14.2 Å². The van der Waals surface area contributed by atoms with Crippen LogP contribution in [0.1, 0.15) is 6.42 Å². The standard InChI is InChI=1S/C15H24FNO5S/c1-20-11-8-17(9-12-21-2)23(18,19)13-3-10-22-15-6-4-14(16)5-7-15/h4-7H,3,8-13H2,1-2H3. The van der Waals surface area contributed by atoms with Gasteiger partial charge in [-0.3, -0.25) is 0 Å². The third-order valence-corrected chi connectivity index (χ3v) is 5.07. The summed E-state index contributed by atoms with van der Waals surface area (Å²) in [6, 6.07) is 5.60. The largest absolute Gasteiger partial charge is 0.494 e. The molecule has 1 aromatic rings. The molecule has 0 unspecified atom stereocenters. The molecule has 132 valence electrons. The smallest absolute Gasteiger partial charge is 0.214 e. The normalized spacial score (nSPS) is 11.8. The average Bonchev–Trinajstić information content (AvgIpc) is 2.53. The summed E-state index contributed by atoms with van der Waals surface area (Å²) in [6.45, 7) is 1.49. The average molecular weight is 349 g/mol. The summed E-state index contributed by atoms with van der Waals surface area (Å²) < 4.78 is 54.0. The van der Waals surface area contributed by atoms with E-state index in [1.54, 1.807) is 0 Å². The van der Waals surface area contributed by atoms with Gasteiger partial charge in [0, 0.05) is 27.3 Å². The highest BCUT2D eigenvalue weighted by Gasteiger charge is 2.21. The zero-order chi connectivity index (χ0) is 17.1. The van der Waals surface area contributed by atoms with Gasteiger partial charge in [0.15, 0.2) is 0 Å². The predicted octanol–water partition coefficient (Wildman–Crippen LogP) is 1.52. The van der Waals surface area contributed by atoms with E-state index in [2.05, 4.69) is 0 Å². The summed E-state index contributed by atoms with van der Waals surface area (Å²) in [5.41, 5.74) is 0. The third kappa shape index (κ3) is 7.74. The Hall–Kier alpha value is -1.22. The van der Waals surface area contributed by atoms with Crippen molar-refractivity contribution >= 4 is 10.0 Å². The van der Waals surface area contributed by atoms with E-state index in [0.717, 1.165) is 0 Å². The molecule has 0 aliphatic heterocycles. The van der Waals surface area contributed by atoms with Crippen LogP contribution in [0.25, 0.3) is 0 Å². The van der Waals surface area contributed by atoms with E-state index < -0.39 is 10.0 Å². The van der Waals surface area contributed by atoms with Crippen molar-refractivity contribution in [3.8, 4) is 5.75 Å². The van der Waals surface area contributed by atoms with Crippen LogP contribution >= 0.6 is 0 Å². The van der Waals surface area contributed by atoms with Crippen LogP contribution in [0.4, 0.5) is 4.39 Å². The van der Waals surface area contributed by atoms with Crippen LogP contribution in [0.15, 0.2) is 24.3 Å². The molecule has 1 aromatic carbocycles. The van der Waals surface area contributed by atoms with Crippen LogP contribution < -0.4 is 4.74 Å². The van der Waals surface area contributed by atoms with Crippen molar-refractivity contribution in [2.24, 2.45) is 0 Å². The van der Waals surface area contributed by atoms with Gasteiger partial charge in [0.2, 0.25) is 10.0 Å². The number of rotatable bonds is 12. The highest BCUT2D eigenvalue weighted by Crippen LogP contribution is 2.12. The Labute approximate surface area is 137 Å². The summed E-state index contributed by atoms with van der Waals surface area (Å²) in [6.07, 6.45) is 0.343. The molecule has 6 nitrogen and oxygen atoms in total. The van der Waals surface area contributed by atoms with Crippen molar-refractivity contribution in [1.82, 2.24) is 4.31 Å². The highest BCUT2D eigenvalue weighted by atomic mass is 32.2. The van der Waals surface area contributed by atoms with Crippen molar-refractivity contribution in [3.05, 3.63) is 30.1 Å². The van der Waals surface area contributed by atoms with E-state index in [-0.39, 0.29) is 18.2 Å². The maximum absolute atomic E-state index is 12.8. The minimum atomic E-state index is -3.39. The van der Waals surface area contributed by atoms with Crippen molar-refractivity contribution in [2.75, 3.05) is 52.9 Å². The molecular formula is C15H24FNO5S. The van der Waals surface area contributed by atoms with E-state index in [0.29, 0.717) is 38.5 Å². The van der Waals surface area contributed by atoms with E-state index in [1.807, 2.05) is 0 Å². The van der Waals surface area contributed by atoms with Gasteiger partial charge in [0.05, 0.1) is 25.6 Å². The van der Waals surface area contributed by atoms with Crippen molar-refractivity contribution in [1.29, 1.82) is 0 Å². The molecule has 8 heteroatoms. The minimum absolute atomic E-state index is 0.0262. The summed E-state index contributed by atoms with van der Waals surface area (Å²) in [5, 5.41) is 0. The quantitative estimate of drug-likeness (QED) is 0.535. The number of methoxy groups -OCH3 is 2. The number of sulfonamides is 1. The number of benzene rings is 1. The van der Waals surface area contributed by atoms with Crippen LogP contribution in [-0.2, 0) is 19.5 Å². The molecule has 0 aliphatic rings. The van der Waals surface area contributed by atoms with E-state index >= 15 is 0 Å². The first-order valence-electron chi connectivity index (χ1n) is 7.33. The lowest BCUT2D eigenvalue weighted by Gasteiger charge is -2.21. The van der Waals surface area contributed by atoms with Crippen molar-refractivity contribution in [2.45, 2.75) is 6.42 Å². The SMILES string of the molecule is COCCN(CCOC)S(=O)(=O)CCCOc1ccc(F)cc1. The molecule has 23 heavy (non-hydrogen) atoms. The molecule has 0 spiro atoms. The third-order valence-electron chi connectivity index (χ3n) is 3.11. The maximum Gasteiger partial charge on any atom is 0.214 e. The Balaban J connectivity index is 2.43. The Bertz CT molecular complexity index is 527. The Kier molecular flexibility index (Phi) is 9.08. The van der Waals surface area contributed by atoms with Gasteiger partial charge in [0.1, 0.15) is 11.6 Å². The molecule has 0 heterocycles. The van der Waals surface area contributed by atoms with Gasteiger partial charge in [0.25, 0.3) is 0 Å². The first-order chi connectivity index (χ1) is 11.0. The number of halogens is 1. The van der Waals surface area contributed by atoms with Crippen LogP contribution in [0, 0.1) is 5.82 Å². The fourth-order valence-electron chi connectivity index (χ4n) is 1.87. The van der Waals surface area contributed by atoms with E-state index in [4.69, 9.17) is 14.2 Å². The second kappa shape index (κ2) is 10.5. The van der Waals surface area contributed by atoms with Crippen LogP contribution in [0.5, 0.6) is 5.75 Å². The first-order valence-corrected chi connectivity index (χ1v) is 8.94. The van der Waals surface area contributed by atoms with Gasteiger partial charge in [-0.1, -0.05) is 0 Å².